The Morgan fingerprint density at radius 3 is 2.61 bits per heavy atom. The number of carbonyl (C=O) groups excluding carboxylic acids is 1. The van der Waals surface area contributed by atoms with Gasteiger partial charge in [0.15, 0.2) is 11.5 Å². The monoisotopic (exact) mass is 423 g/mol. The number of Topliss-reactive ketones (excluding diaryl/α,β-unsaturated/α-hetero) is 1. The van der Waals surface area contributed by atoms with Crippen molar-refractivity contribution in [2.45, 2.75) is 13.5 Å². The number of hydrogen-bond donors (Lipinski definition) is 3. The predicted octanol–water partition coefficient (Wildman–Crippen LogP) is 0.380. The van der Waals surface area contributed by atoms with Crippen LogP contribution in [0.1, 0.15) is 21.6 Å². The van der Waals surface area contributed by atoms with E-state index in [4.69, 9.17) is 14.2 Å². The second-order valence-electron chi connectivity index (χ2n) is 8.50. The molecule has 0 radical (unpaired) electrons. The van der Waals surface area contributed by atoms with Crippen LogP contribution >= 0.6 is 0 Å². The first kappa shape index (κ1) is 19.9. The van der Waals surface area contributed by atoms with Gasteiger partial charge in [-0.3, -0.25) is 4.79 Å². The van der Waals surface area contributed by atoms with Crippen LogP contribution in [0.5, 0.6) is 17.2 Å². The molecule has 2 aliphatic heterocycles. The Bertz CT molecular complexity index is 1120. The fourth-order valence-electron chi connectivity index (χ4n) is 4.76. The van der Waals surface area contributed by atoms with E-state index < -0.39 is 0 Å². The molecular weight excluding hydrogens is 394 g/mol. The van der Waals surface area contributed by atoms with Crippen LogP contribution in [-0.2, 0) is 6.54 Å². The summed E-state index contributed by atoms with van der Waals surface area (Å²) >= 11 is 0. The minimum atomic E-state index is 0.200. The molecule has 7 nitrogen and oxygen atoms in total. The minimum absolute atomic E-state index is 0.200. The average Bonchev–Trinajstić information content (AvgIpc) is 3.37. The largest absolute Gasteiger partial charge is 0.497 e. The van der Waals surface area contributed by atoms with Crippen LogP contribution < -0.4 is 24.0 Å². The number of aryl methyl sites for hydroxylation is 1. The summed E-state index contributed by atoms with van der Waals surface area (Å²) in [4.78, 5) is 19.4. The van der Waals surface area contributed by atoms with Gasteiger partial charge < -0.3 is 29.0 Å². The van der Waals surface area contributed by atoms with E-state index in [2.05, 4.69) is 17.1 Å². The van der Waals surface area contributed by atoms with Crippen molar-refractivity contribution >= 4 is 16.7 Å². The first-order chi connectivity index (χ1) is 15.1. The van der Waals surface area contributed by atoms with Crippen LogP contribution in [0.25, 0.3) is 10.9 Å². The number of methoxy groups -OCH3 is 1. The average molecular weight is 424 g/mol. The van der Waals surface area contributed by atoms with Gasteiger partial charge in [-0.1, -0.05) is 0 Å². The molecule has 2 aromatic carbocycles. The molecule has 7 heteroatoms. The summed E-state index contributed by atoms with van der Waals surface area (Å²) < 4.78 is 16.2. The Hall–Kier alpha value is -3.03. The van der Waals surface area contributed by atoms with Crippen LogP contribution in [0.3, 0.4) is 0 Å². The molecule has 0 atom stereocenters. The van der Waals surface area contributed by atoms with Crippen molar-refractivity contribution < 1.29 is 28.8 Å². The SMILES string of the molecule is COc1ccc2[nH]c(C)c(C(=O)C[NH+]3CC[NH+](Cc4ccc5c(c4)OCO5)CC3)c2c1. The Kier molecular flexibility index (Phi) is 5.29. The Labute approximate surface area is 181 Å². The number of ketones is 1. The Balaban J connectivity index is 1.20. The number of nitrogens with one attached hydrogen (secondary N) is 3. The van der Waals surface area contributed by atoms with Crippen molar-refractivity contribution in [3.63, 3.8) is 0 Å². The number of rotatable bonds is 6. The molecule has 0 aliphatic carbocycles. The maximum Gasteiger partial charge on any atom is 0.231 e. The number of aromatic amines is 1. The number of ether oxygens (including phenoxy) is 3. The van der Waals surface area contributed by atoms with Gasteiger partial charge in [-0.15, -0.1) is 0 Å². The van der Waals surface area contributed by atoms with Gasteiger partial charge >= 0.3 is 0 Å². The van der Waals surface area contributed by atoms with Gasteiger partial charge in [0.1, 0.15) is 45.0 Å². The number of quaternary nitrogens is 2. The topological polar surface area (TPSA) is 69.4 Å². The lowest BCUT2D eigenvalue weighted by Crippen LogP contribution is -3.27. The summed E-state index contributed by atoms with van der Waals surface area (Å²) in [6, 6.07) is 12.1. The maximum absolute atomic E-state index is 13.2. The number of benzene rings is 2. The van der Waals surface area contributed by atoms with Crippen molar-refractivity contribution in [3.05, 3.63) is 53.2 Å². The third-order valence-electron chi connectivity index (χ3n) is 6.44. The number of H-pyrrole nitrogens is 1. The highest BCUT2D eigenvalue weighted by molar-refractivity contribution is 6.10. The van der Waals surface area contributed by atoms with Gasteiger partial charge in [-0.2, -0.15) is 0 Å². The fraction of sp³-hybridized carbons (Fsp3) is 0.375. The summed E-state index contributed by atoms with van der Waals surface area (Å²) in [5.41, 5.74) is 3.98. The van der Waals surface area contributed by atoms with Gasteiger partial charge in [-0.05, 0) is 43.3 Å². The number of hydrogen-bond acceptors (Lipinski definition) is 4. The van der Waals surface area contributed by atoms with Crippen LogP contribution in [0.2, 0.25) is 0 Å². The van der Waals surface area contributed by atoms with E-state index in [1.54, 1.807) is 12.0 Å². The second-order valence-corrected chi connectivity index (χ2v) is 8.50. The first-order valence-corrected chi connectivity index (χ1v) is 10.9. The highest BCUT2D eigenvalue weighted by atomic mass is 16.7. The van der Waals surface area contributed by atoms with Crippen LogP contribution in [0.15, 0.2) is 36.4 Å². The molecule has 31 heavy (non-hydrogen) atoms. The van der Waals surface area contributed by atoms with Crippen molar-refractivity contribution in [1.82, 2.24) is 4.98 Å². The molecule has 2 aliphatic rings. The zero-order chi connectivity index (χ0) is 21.4. The van der Waals surface area contributed by atoms with E-state index in [1.165, 1.54) is 10.5 Å². The number of fused-ring (bicyclic) bond motifs is 2. The smallest absolute Gasteiger partial charge is 0.231 e. The zero-order valence-electron chi connectivity index (χ0n) is 18.0. The summed E-state index contributed by atoms with van der Waals surface area (Å²) in [6.07, 6.45) is 0. The summed E-state index contributed by atoms with van der Waals surface area (Å²) in [5, 5.41) is 0.952. The van der Waals surface area contributed by atoms with Gasteiger partial charge in [0.05, 0.1) is 12.7 Å². The number of carbonyl (C=O) groups is 1. The van der Waals surface area contributed by atoms with Gasteiger partial charge in [0.2, 0.25) is 12.6 Å². The molecule has 1 fully saturated rings. The van der Waals surface area contributed by atoms with E-state index >= 15 is 0 Å². The first-order valence-electron chi connectivity index (χ1n) is 10.9. The number of aromatic nitrogens is 1. The van der Waals surface area contributed by atoms with Crippen molar-refractivity contribution in [2.75, 3.05) is 46.6 Å². The molecule has 3 heterocycles. The van der Waals surface area contributed by atoms with Gasteiger partial charge in [0, 0.05) is 22.2 Å². The highest BCUT2D eigenvalue weighted by Crippen LogP contribution is 2.32. The standard InChI is InChI=1S/C24H27N3O4/c1-16-24(19-12-18(29-2)4-5-20(19)25-16)21(28)14-27-9-7-26(8-10-27)13-17-3-6-22-23(11-17)31-15-30-22/h3-6,11-12,25H,7-10,13-15H2,1-2H3/p+2. The van der Waals surface area contributed by atoms with Crippen molar-refractivity contribution in [1.29, 1.82) is 0 Å². The summed E-state index contributed by atoms with van der Waals surface area (Å²) in [6.45, 7) is 7.89. The molecular formula is C24H29N3O4+2. The van der Waals surface area contributed by atoms with E-state index in [0.29, 0.717) is 13.3 Å². The van der Waals surface area contributed by atoms with Gasteiger partial charge in [0.25, 0.3) is 0 Å². The third kappa shape index (κ3) is 3.98. The molecule has 0 amide bonds. The lowest BCUT2D eigenvalue weighted by atomic mass is 10.1. The molecule has 1 saturated heterocycles. The Morgan fingerprint density at radius 2 is 1.81 bits per heavy atom. The van der Waals surface area contributed by atoms with E-state index in [0.717, 1.165) is 72.1 Å². The summed E-state index contributed by atoms with van der Waals surface area (Å²) in [7, 11) is 1.65. The normalized spacial score (nSPS) is 20.2. The van der Waals surface area contributed by atoms with E-state index in [-0.39, 0.29) is 5.78 Å². The van der Waals surface area contributed by atoms with Crippen molar-refractivity contribution in [2.24, 2.45) is 0 Å². The molecule has 3 aromatic rings. The highest BCUT2D eigenvalue weighted by Gasteiger charge is 2.27. The molecule has 0 saturated carbocycles. The van der Waals surface area contributed by atoms with Crippen LogP contribution in [-0.4, -0.2) is 57.4 Å². The lowest BCUT2D eigenvalue weighted by molar-refractivity contribution is -1.01. The lowest BCUT2D eigenvalue weighted by Gasteiger charge is -2.29. The third-order valence-corrected chi connectivity index (χ3v) is 6.44. The van der Waals surface area contributed by atoms with Crippen LogP contribution in [0.4, 0.5) is 0 Å². The molecule has 3 N–H and O–H groups in total. The van der Waals surface area contributed by atoms with Gasteiger partial charge in [-0.25, -0.2) is 0 Å². The number of piperazine rings is 1. The maximum atomic E-state index is 13.2. The Morgan fingerprint density at radius 1 is 1.03 bits per heavy atom. The molecule has 162 valence electrons. The quantitative estimate of drug-likeness (QED) is 0.502. The molecule has 0 spiro atoms. The van der Waals surface area contributed by atoms with E-state index in [9.17, 15) is 4.79 Å². The fourth-order valence-corrected chi connectivity index (χ4v) is 4.76. The summed E-state index contributed by atoms with van der Waals surface area (Å²) in [5.74, 6) is 2.65. The molecule has 5 rings (SSSR count). The van der Waals surface area contributed by atoms with Crippen molar-refractivity contribution in [3.8, 4) is 17.2 Å². The second kappa shape index (κ2) is 8.24. The predicted molar refractivity (Wildman–Crippen MR) is 116 cm³/mol. The zero-order valence-corrected chi connectivity index (χ0v) is 18.0. The molecule has 1 aromatic heterocycles. The minimum Gasteiger partial charge on any atom is -0.497 e. The van der Waals surface area contributed by atoms with E-state index in [1.807, 2.05) is 31.2 Å². The van der Waals surface area contributed by atoms with Crippen LogP contribution in [0, 0.1) is 6.92 Å². The molecule has 0 unspecified atom stereocenters. The molecule has 0 bridgehead atoms.